The number of aromatic nitrogens is 1. The van der Waals surface area contributed by atoms with Gasteiger partial charge in [-0.05, 0) is 18.5 Å². The first-order valence-electron chi connectivity index (χ1n) is 9.96. The number of rotatable bonds is 7. The van der Waals surface area contributed by atoms with Gasteiger partial charge in [0.25, 0.3) is 11.6 Å². The van der Waals surface area contributed by atoms with Crippen molar-refractivity contribution < 1.29 is 14.5 Å². The molecule has 1 atom stereocenters. The molecule has 0 saturated carbocycles. The average molecular weight is 466 g/mol. The lowest BCUT2D eigenvalue weighted by atomic mass is 10.0. The number of hydrogen-bond donors (Lipinski definition) is 2. The Hall–Kier alpha value is -2.56. The Bertz CT molecular complexity index is 1010. The van der Waals surface area contributed by atoms with Crippen molar-refractivity contribution in [1.82, 2.24) is 15.2 Å². The van der Waals surface area contributed by atoms with Crippen LogP contribution in [0.4, 0.5) is 10.8 Å². The third-order valence-electron chi connectivity index (χ3n) is 5.13. The number of fused-ring (bicyclic) bond motifs is 1. The molecule has 166 valence electrons. The van der Waals surface area contributed by atoms with E-state index in [1.54, 1.807) is 0 Å². The predicted octanol–water partition coefficient (Wildman–Crippen LogP) is 3.48. The van der Waals surface area contributed by atoms with Crippen LogP contribution in [-0.2, 0) is 17.8 Å². The second-order valence-electron chi connectivity index (χ2n) is 7.61. The van der Waals surface area contributed by atoms with Crippen molar-refractivity contribution in [2.24, 2.45) is 5.92 Å². The van der Waals surface area contributed by atoms with Gasteiger partial charge in [-0.3, -0.25) is 24.6 Å². The normalized spacial score (nSPS) is 14.7. The van der Waals surface area contributed by atoms with Crippen molar-refractivity contribution in [3.05, 3.63) is 49.5 Å². The summed E-state index contributed by atoms with van der Waals surface area (Å²) < 4.78 is 0. The number of anilines is 1. The van der Waals surface area contributed by atoms with Crippen LogP contribution in [0.1, 0.15) is 41.7 Å². The number of likely N-dealkylation sites (N-methyl/N-ethyl adjacent to an activating group) is 1. The number of hydrogen-bond acceptors (Lipinski definition) is 7. The Kier molecular flexibility index (Phi) is 7.24. The van der Waals surface area contributed by atoms with E-state index in [2.05, 4.69) is 27.4 Å². The first-order valence-corrected chi connectivity index (χ1v) is 11.2. The summed E-state index contributed by atoms with van der Waals surface area (Å²) in [7, 11) is 0. The number of amides is 2. The van der Waals surface area contributed by atoms with Gasteiger partial charge in [0.15, 0.2) is 5.13 Å². The lowest BCUT2D eigenvalue weighted by Gasteiger charge is -2.23. The first kappa shape index (κ1) is 23.1. The van der Waals surface area contributed by atoms with Crippen molar-refractivity contribution in [3.8, 4) is 0 Å². The highest BCUT2D eigenvalue weighted by molar-refractivity contribution is 7.15. The molecule has 2 N–H and O–H groups in total. The fourth-order valence-corrected chi connectivity index (χ4v) is 4.62. The smallest absolute Gasteiger partial charge is 0.270 e. The molecule has 2 heterocycles. The molecule has 0 saturated heterocycles. The second-order valence-corrected chi connectivity index (χ2v) is 9.10. The quantitative estimate of drug-likeness (QED) is 0.477. The molecule has 1 aromatic heterocycles. The van der Waals surface area contributed by atoms with Gasteiger partial charge in [-0.2, -0.15) is 0 Å². The van der Waals surface area contributed by atoms with Crippen LogP contribution in [0.5, 0.6) is 0 Å². The molecule has 2 aromatic rings. The van der Waals surface area contributed by atoms with Crippen molar-refractivity contribution >= 4 is 45.6 Å². The van der Waals surface area contributed by atoms with Crippen LogP contribution in [0.15, 0.2) is 18.2 Å². The summed E-state index contributed by atoms with van der Waals surface area (Å²) in [5, 5.41) is 16.8. The fourth-order valence-electron chi connectivity index (χ4n) is 3.31. The number of carbonyl (C=O) groups is 2. The Morgan fingerprint density at radius 1 is 1.39 bits per heavy atom. The zero-order valence-corrected chi connectivity index (χ0v) is 19.0. The van der Waals surface area contributed by atoms with Crippen LogP contribution in [-0.4, -0.2) is 45.8 Å². The minimum Gasteiger partial charge on any atom is -0.340 e. The Morgan fingerprint density at radius 3 is 2.74 bits per heavy atom. The summed E-state index contributed by atoms with van der Waals surface area (Å²) in [5.41, 5.74) is 0.858. The third kappa shape index (κ3) is 5.38. The van der Waals surface area contributed by atoms with Gasteiger partial charge in [0.05, 0.1) is 21.2 Å². The summed E-state index contributed by atoms with van der Waals surface area (Å²) in [4.78, 5) is 43.8. The van der Waals surface area contributed by atoms with Crippen molar-refractivity contribution in [3.63, 3.8) is 0 Å². The van der Waals surface area contributed by atoms with Crippen LogP contribution in [0, 0.1) is 16.0 Å². The highest BCUT2D eigenvalue weighted by Gasteiger charge is 2.28. The van der Waals surface area contributed by atoms with E-state index >= 15 is 0 Å². The van der Waals surface area contributed by atoms with Gasteiger partial charge in [0.2, 0.25) is 5.91 Å². The molecule has 0 spiro atoms. The van der Waals surface area contributed by atoms with E-state index in [1.807, 2.05) is 13.8 Å². The molecule has 3 rings (SSSR count). The number of nitrogens with zero attached hydrogens (tertiary/aromatic N) is 3. The largest absolute Gasteiger partial charge is 0.340 e. The Balaban J connectivity index is 1.71. The number of thiazole rings is 1. The number of halogens is 1. The summed E-state index contributed by atoms with van der Waals surface area (Å²) in [5.74, 6) is -1.16. The molecular formula is C20H24ClN5O4S. The van der Waals surface area contributed by atoms with Crippen LogP contribution in [0.25, 0.3) is 0 Å². The molecule has 1 aromatic carbocycles. The number of non-ortho nitro benzene ring substituents is 1. The topological polar surface area (TPSA) is 117 Å². The maximum Gasteiger partial charge on any atom is 0.270 e. The zero-order valence-electron chi connectivity index (χ0n) is 17.5. The molecule has 1 unspecified atom stereocenters. The number of benzene rings is 1. The third-order valence-corrected chi connectivity index (χ3v) is 6.44. The highest BCUT2D eigenvalue weighted by atomic mass is 35.5. The van der Waals surface area contributed by atoms with Gasteiger partial charge in [-0.15, -0.1) is 11.3 Å². The molecule has 11 heteroatoms. The minimum atomic E-state index is -0.827. The maximum atomic E-state index is 12.9. The molecule has 2 amide bonds. The molecule has 0 radical (unpaired) electrons. The minimum absolute atomic E-state index is 0.0531. The van der Waals surface area contributed by atoms with Crippen LogP contribution >= 0.6 is 22.9 Å². The molecule has 31 heavy (non-hydrogen) atoms. The summed E-state index contributed by atoms with van der Waals surface area (Å²) in [6, 6.07) is 2.76. The number of nitro benzene ring substituents is 1. The van der Waals surface area contributed by atoms with Crippen molar-refractivity contribution in [1.29, 1.82) is 0 Å². The van der Waals surface area contributed by atoms with Crippen LogP contribution < -0.4 is 10.6 Å². The van der Waals surface area contributed by atoms with Gasteiger partial charge in [-0.1, -0.05) is 32.4 Å². The van der Waals surface area contributed by atoms with Crippen molar-refractivity contribution in [2.75, 3.05) is 18.4 Å². The lowest BCUT2D eigenvalue weighted by molar-refractivity contribution is -0.384. The van der Waals surface area contributed by atoms with E-state index in [0.29, 0.717) is 5.13 Å². The van der Waals surface area contributed by atoms with Gasteiger partial charge >= 0.3 is 0 Å². The zero-order chi connectivity index (χ0) is 22.7. The van der Waals surface area contributed by atoms with Gasteiger partial charge in [0.1, 0.15) is 6.04 Å². The lowest BCUT2D eigenvalue weighted by Crippen LogP contribution is -2.47. The van der Waals surface area contributed by atoms with Gasteiger partial charge in [-0.25, -0.2) is 4.98 Å². The SMILES string of the molecule is CCN1CCc2nc(NC(=O)C(NC(=O)c3ccc([N+](=O)[O-])cc3Cl)C(C)C)sc2C1. The second kappa shape index (κ2) is 9.71. The maximum absolute atomic E-state index is 12.9. The standard InChI is InChI=1S/C20H24ClN5O4S/c1-4-25-8-7-15-16(10-25)31-20(22-15)24-19(28)17(11(2)3)23-18(27)13-6-5-12(26(29)30)9-14(13)21/h5-6,9,11,17H,4,7-8,10H2,1-3H3,(H,23,27)(H,22,24,28). The van der Waals surface area contributed by atoms with Crippen LogP contribution in [0.2, 0.25) is 5.02 Å². The molecule has 0 aliphatic carbocycles. The average Bonchev–Trinajstić information content (AvgIpc) is 3.12. The number of nitrogens with one attached hydrogen (secondary N) is 2. The molecule has 1 aliphatic heterocycles. The van der Waals surface area contributed by atoms with E-state index in [1.165, 1.54) is 23.5 Å². The van der Waals surface area contributed by atoms with Crippen LogP contribution in [0.3, 0.4) is 0 Å². The van der Waals surface area contributed by atoms with E-state index in [4.69, 9.17) is 11.6 Å². The Morgan fingerprint density at radius 2 is 2.13 bits per heavy atom. The van der Waals surface area contributed by atoms with E-state index in [0.717, 1.165) is 42.7 Å². The monoisotopic (exact) mass is 465 g/mol. The van der Waals surface area contributed by atoms with E-state index in [-0.39, 0.29) is 28.1 Å². The molecule has 0 bridgehead atoms. The molecule has 1 aliphatic rings. The molecule has 9 nitrogen and oxygen atoms in total. The van der Waals surface area contributed by atoms with Gasteiger partial charge < -0.3 is 10.6 Å². The molecule has 0 fully saturated rings. The summed E-state index contributed by atoms with van der Waals surface area (Å²) in [6.07, 6.45) is 0.846. The highest BCUT2D eigenvalue weighted by Crippen LogP contribution is 2.28. The fraction of sp³-hybridized carbons (Fsp3) is 0.450. The molecular weight excluding hydrogens is 442 g/mol. The van der Waals surface area contributed by atoms with E-state index in [9.17, 15) is 19.7 Å². The van der Waals surface area contributed by atoms with Gasteiger partial charge in [0, 0.05) is 36.5 Å². The summed E-state index contributed by atoms with van der Waals surface area (Å²) in [6.45, 7) is 8.47. The van der Waals surface area contributed by atoms with E-state index < -0.39 is 16.9 Å². The first-order chi connectivity index (χ1) is 14.7. The predicted molar refractivity (Wildman–Crippen MR) is 120 cm³/mol. The Labute approximate surface area is 188 Å². The number of carbonyl (C=O) groups excluding carboxylic acids is 2. The van der Waals surface area contributed by atoms with Crippen molar-refractivity contribution in [2.45, 2.75) is 39.8 Å². The number of nitro groups is 1. The summed E-state index contributed by atoms with van der Waals surface area (Å²) >= 11 is 7.50.